The Kier molecular flexibility index (Phi) is 3.73. The second kappa shape index (κ2) is 4.49. The molecule has 3 unspecified atom stereocenters. The molecule has 1 rings (SSSR count). The van der Waals surface area contributed by atoms with Crippen molar-refractivity contribution in [1.82, 2.24) is 4.90 Å². The number of nitrogens with zero attached hydrogens (tertiary/aromatic N) is 1. The average molecular weight is 214 g/mol. The zero-order valence-electron chi connectivity index (χ0n) is 9.86. The van der Waals surface area contributed by atoms with E-state index in [1.165, 1.54) is 0 Å². The van der Waals surface area contributed by atoms with Crippen LogP contribution in [0.4, 0.5) is 0 Å². The van der Waals surface area contributed by atoms with E-state index >= 15 is 0 Å². The highest BCUT2D eigenvalue weighted by atomic mass is 16.4. The highest BCUT2D eigenvalue weighted by Gasteiger charge is 2.37. The third-order valence-electron chi connectivity index (χ3n) is 3.42. The minimum absolute atomic E-state index is 0.446. The summed E-state index contributed by atoms with van der Waals surface area (Å²) in [6.45, 7) is 6.33. The lowest BCUT2D eigenvalue weighted by molar-refractivity contribution is -0.143. The first kappa shape index (κ1) is 12.5. The van der Waals surface area contributed by atoms with Gasteiger partial charge in [0.15, 0.2) is 0 Å². The van der Waals surface area contributed by atoms with Crippen molar-refractivity contribution in [1.29, 1.82) is 0 Å². The molecule has 88 valence electrons. The molecule has 1 fully saturated rings. The van der Waals surface area contributed by atoms with Crippen LogP contribution in [0.3, 0.4) is 0 Å². The maximum absolute atomic E-state index is 11.0. The van der Waals surface area contributed by atoms with E-state index in [1.807, 2.05) is 0 Å². The maximum Gasteiger partial charge on any atom is 0.324 e. The summed E-state index contributed by atoms with van der Waals surface area (Å²) in [6.07, 6.45) is 3.38. The van der Waals surface area contributed by atoms with E-state index in [0.717, 1.165) is 19.3 Å². The van der Waals surface area contributed by atoms with Gasteiger partial charge < -0.3 is 10.8 Å². The van der Waals surface area contributed by atoms with Gasteiger partial charge in [0, 0.05) is 18.6 Å². The molecule has 0 bridgehead atoms. The molecular formula is C11H22N2O2. The summed E-state index contributed by atoms with van der Waals surface area (Å²) in [6, 6.07) is 0.958. The standard InChI is InChI=1S/C11H22N2O2/c1-4-9-6-5-8(2)13(9)7-11(3,12)10(14)15/h8-9H,4-7,12H2,1-3H3,(H,14,15). The molecular weight excluding hydrogens is 192 g/mol. The molecule has 0 radical (unpaired) electrons. The Bertz CT molecular complexity index is 241. The van der Waals surface area contributed by atoms with E-state index in [-0.39, 0.29) is 0 Å². The minimum atomic E-state index is -1.13. The Morgan fingerprint density at radius 3 is 2.67 bits per heavy atom. The molecule has 0 amide bonds. The van der Waals surface area contributed by atoms with Crippen LogP contribution in [0.25, 0.3) is 0 Å². The third kappa shape index (κ3) is 2.69. The Labute approximate surface area is 91.4 Å². The van der Waals surface area contributed by atoms with Crippen LogP contribution in [0, 0.1) is 0 Å². The Balaban J connectivity index is 2.67. The van der Waals surface area contributed by atoms with Crippen LogP contribution >= 0.6 is 0 Å². The number of nitrogens with two attached hydrogens (primary N) is 1. The topological polar surface area (TPSA) is 66.6 Å². The van der Waals surface area contributed by atoms with E-state index in [1.54, 1.807) is 6.92 Å². The Morgan fingerprint density at radius 1 is 1.60 bits per heavy atom. The van der Waals surface area contributed by atoms with E-state index in [9.17, 15) is 4.79 Å². The monoisotopic (exact) mass is 214 g/mol. The van der Waals surface area contributed by atoms with Gasteiger partial charge in [-0.2, -0.15) is 0 Å². The second-order valence-electron chi connectivity index (χ2n) is 4.88. The van der Waals surface area contributed by atoms with Crippen molar-refractivity contribution in [3.63, 3.8) is 0 Å². The van der Waals surface area contributed by atoms with Gasteiger partial charge in [0.1, 0.15) is 5.54 Å². The van der Waals surface area contributed by atoms with E-state index in [2.05, 4.69) is 18.7 Å². The summed E-state index contributed by atoms with van der Waals surface area (Å²) in [4.78, 5) is 13.2. The summed E-state index contributed by atoms with van der Waals surface area (Å²) in [5.74, 6) is -0.920. The van der Waals surface area contributed by atoms with Gasteiger partial charge in [-0.25, -0.2) is 0 Å². The smallest absolute Gasteiger partial charge is 0.324 e. The SMILES string of the molecule is CCC1CCC(C)N1CC(C)(N)C(=O)O. The van der Waals surface area contributed by atoms with Crippen LogP contribution in [-0.4, -0.2) is 40.1 Å². The van der Waals surface area contributed by atoms with Crippen LogP contribution < -0.4 is 5.73 Å². The largest absolute Gasteiger partial charge is 0.480 e. The molecule has 0 saturated carbocycles. The van der Waals surface area contributed by atoms with Crippen LogP contribution in [0.15, 0.2) is 0 Å². The first-order valence-corrected chi connectivity index (χ1v) is 5.66. The molecule has 0 aliphatic carbocycles. The van der Waals surface area contributed by atoms with Gasteiger partial charge in [0.2, 0.25) is 0 Å². The molecule has 0 aromatic heterocycles. The summed E-state index contributed by atoms with van der Waals surface area (Å²) in [5, 5.41) is 9.00. The molecule has 0 aromatic rings. The minimum Gasteiger partial charge on any atom is -0.480 e. The molecule has 0 aromatic carbocycles. The fourth-order valence-corrected chi connectivity index (χ4v) is 2.30. The number of likely N-dealkylation sites (tertiary alicyclic amines) is 1. The average Bonchev–Trinajstić information content (AvgIpc) is 2.47. The van der Waals surface area contributed by atoms with Gasteiger partial charge in [-0.15, -0.1) is 0 Å². The first-order chi connectivity index (χ1) is 6.88. The first-order valence-electron chi connectivity index (χ1n) is 5.66. The van der Waals surface area contributed by atoms with Crippen LogP contribution in [-0.2, 0) is 4.79 Å². The van der Waals surface area contributed by atoms with Gasteiger partial charge in [-0.1, -0.05) is 6.92 Å². The van der Waals surface area contributed by atoms with Crippen molar-refractivity contribution in [3.8, 4) is 0 Å². The van der Waals surface area contributed by atoms with Gasteiger partial charge in [-0.05, 0) is 33.1 Å². The molecule has 1 aliphatic heterocycles. The highest BCUT2D eigenvalue weighted by molar-refractivity contribution is 5.78. The van der Waals surface area contributed by atoms with Crippen LogP contribution in [0.1, 0.15) is 40.0 Å². The quantitative estimate of drug-likeness (QED) is 0.734. The van der Waals surface area contributed by atoms with Crippen molar-refractivity contribution in [2.75, 3.05) is 6.54 Å². The number of aliphatic carboxylic acids is 1. The van der Waals surface area contributed by atoms with E-state index in [4.69, 9.17) is 10.8 Å². The second-order valence-corrected chi connectivity index (χ2v) is 4.88. The summed E-state index contributed by atoms with van der Waals surface area (Å²) in [7, 11) is 0. The summed E-state index contributed by atoms with van der Waals surface area (Å²) >= 11 is 0. The number of carbonyl (C=O) groups is 1. The summed E-state index contributed by atoms with van der Waals surface area (Å²) in [5.41, 5.74) is 4.64. The summed E-state index contributed by atoms with van der Waals surface area (Å²) < 4.78 is 0. The third-order valence-corrected chi connectivity index (χ3v) is 3.42. The van der Waals surface area contributed by atoms with Gasteiger partial charge >= 0.3 is 5.97 Å². The van der Waals surface area contributed by atoms with E-state index in [0.29, 0.717) is 18.6 Å². The number of rotatable bonds is 4. The van der Waals surface area contributed by atoms with Crippen molar-refractivity contribution in [2.24, 2.45) is 5.73 Å². The fourth-order valence-electron chi connectivity index (χ4n) is 2.30. The van der Waals surface area contributed by atoms with Crippen molar-refractivity contribution < 1.29 is 9.90 Å². The lowest BCUT2D eigenvalue weighted by Crippen LogP contribution is -2.55. The number of carboxylic acids is 1. The van der Waals surface area contributed by atoms with Crippen molar-refractivity contribution >= 4 is 5.97 Å². The number of hydrogen-bond donors (Lipinski definition) is 2. The molecule has 1 saturated heterocycles. The lowest BCUT2D eigenvalue weighted by atomic mass is 10.0. The van der Waals surface area contributed by atoms with E-state index < -0.39 is 11.5 Å². The zero-order valence-corrected chi connectivity index (χ0v) is 9.86. The Morgan fingerprint density at radius 2 is 2.20 bits per heavy atom. The van der Waals surface area contributed by atoms with Crippen molar-refractivity contribution in [3.05, 3.63) is 0 Å². The zero-order chi connectivity index (χ0) is 11.6. The molecule has 4 nitrogen and oxygen atoms in total. The predicted molar refractivity (Wildman–Crippen MR) is 59.7 cm³/mol. The Hall–Kier alpha value is -0.610. The van der Waals surface area contributed by atoms with Crippen LogP contribution in [0.2, 0.25) is 0 Å². The molecule has 3 atom stereocenters. The molecule has 1 heterocycles. The molecule has 4 heteroatoms. The van der Waals surface area contributed by atoms with Crippen molar-refractivity contribution in [2.45, 2.75) is 57.7 Å². The molecule has 0 spiro atoms. The van der Waals surface area contributed by atoms with Gasteiger partial charge in [0.25, 0.3) is 0 Å². The molecule has 3 N–H and O–H groups in total. The number of carboxylic acid groups (broad SMARTS) is 1. The number of hydrogen-bond acceptors (Lipinski definition) is 3. The molecule has 15 heavy (non-hydrogen) atoms. The molecule has 1 aliphatic rings. The normalized spacial score (nSPS) is 31.5. The fraction of sp³-hybridized carbons (Fsp3) is 0.909. The predicted octanol–water partition coefficient (Wildman–Crippen LogP) is 1.05. The van der Waals surface area contributed by atoms with Gasteiger partial charge in [0.05, 0.1) is 0 Å². The van der Waals surface area contributed by atoms with Crippen LogP contribution in [0.5, 0.6) is 0 Å². The van der Waals surface area contributed by atoms with Gasteiger partial charge in [-0.3, -0.25) is 9.69 Å². The lowest BCUT2D eigenvalue weighted by Gasteiger charge is -2.33. The highest BCUT2D eigenvalue weighted by Crippen LogP contribution is 2.27. The maximum atomic E-state index is 11.0.